The first-order chi connectivity index (χ1) is 21.6. The minimum atomic E-state index is -3.97. The fourth-order valence-electron chi connectivity index (χ4n) is 5.73. The number of phenols is 1. The van der Waals surface area contributed by atoms with Gasteiger partial charge in [0, 0.05) is 38.1 Å². The van der Waals surface area contributed by atoms with Crippen molar-refractivity contribution in [3.05, 3.63) is 124 Å². The van der Waals surface area contributed by atoms with Gasteiger partial charge in [0.15, 0.2) is 0 Å². The molecule has 2 heterocycles. The van der Waals surface area contributed by atoms with Crippen LogP contribution in [0.15, 0.2) is 102 Å². The highest BCUT2D eigenvalue weighted by Crippen LogP contribution is 2.37. The summed E-state index contributed by atoms with van der Waals surface area (Å²) >= 11 is 12.6. The first-order valence-corrected chi connectivity index (χ1v) is 16.5. The largest absolute Gasteiger partial charge is 0.508 e. The lowest BCUT2D eigenvalue weighted by molar-refractivity contribution is 0.317. The van der Waals surface area contributed by atoms with Gasteiger partial charge in [0.1, 0.15) is 11.5 Å². The van der Waals surface area contributed by atoms with Gasteiger partial charge in [0.2, 0.25) is 10.0 Å². The minimum absolute atomic E-state index is 0.142. The molecule has 11 heteroatoms. The van der Waals surface area contributed by atoms with Crippen molar-refractivity contribution in [3.63, 3.8) is 0 Å². The molecule has 0 saturated carbocycles. The maximum absolute atomic E-state index is 14.5. The summed E-state index contributed by atoms with van der Waals surface area (Å²) in [7, 11) is -0.474. The van der Waals surface area contributed by atoms with Crippen molar-refractivity contribution in [3.8, 4) is 22.6 Å². The predicted octanol–water partition coefficient (Wildman–Crippen LogP) is 6.93. The van der Waals surface area contributed by atoms with Crippen LogP contribution in [0.25, 0.3) is 11.1 Å². The van der Waals surface area contributed by atoms with Crippen LogP contribution in [0.5, 0.6) is 11.5 Å². The maximum Gasteiger partial charge on any atom is 0.243 e. The average molecular weight is 664 g/mol. The van der Waals surface area contributed by atoms with E-state index in [2.05, 4.69) is 9.88 Å². The van der Waals surface area contributed by atoms with Crippen molar-refractivity contribution in [2.75, 3.05) is 18.6 Å². The molecule has 0 bridgehead atoms. The van der Waals surface area contributed by atoms with E-state index in [0.717, 1.165) is 33.6 Å². The number of methoxy groups -OCH3 is 1. The van der Waals surface area contributed by atoms with Gasteiger partial charge in [-0.25, -0.2) is 13.4 Å². The molecule has 6 rings (SSSR count). The zero-order valence-corrected chi connectivity index (χ0v) is 27.1. The van der Waals surface area contributed by atoms with Gasteiger partial charge in [-0.15, -0.1) is 0 Å². The molecular formula is C34H32Cl2N4O4S. The van der Waals surface area contributed by atoms with Crippen LogP contribution in [-0.2, 0) is 36.6 Å². The van der Waals surface area contributed by atoms with Crippen LogP contribution in [0.3, 0.4) is 0 Å². The van der Waals surface area contributed by atoms with Crippen LogP contribution in [0.2, 0.25) is 10.0 Å². The van der Waals surface area contributed by atoms with Gasteiger partial charge in [-0.1, -0.05) is 47.5 Å². The molecule has 0 spiro atoms. The number of ether oxygens (including phenoxy) is 1. The summed E-state index contributed by atoms with van der Waals surface area (Å²) in [6.45, 7) is 1.09. The quantitative estimate of drug-likeness (QED) is 0.194. The van der Waals surface area contributed by atoms with Crippen molar-refractivity contribution in [1.82, 2.24) is 13.9 Å². The Bertz CT molecular complexity index is 1930. The molecule has 1 aromatic heterocycles. The molecule has 4 aromatic carbocycles. The molecule has 0 amide bonds. The number of aromatic nitrogens is 2. The second-order valence-electron chi connectivity index (χ2n) is 11.1. The van der Waals surface area contributed by atoms with Crippen molar-refractivity contribution < 1.29 is 18.3 Å². The highest BCUT2D eigenvalue weighted by Gasteiger charge is 2.37. The van der Waals surface area contributed by atoms with Crippen LogP contribution >= 0.6 is 23.2 Å². The molecule has 232 valence electrons. The zero-order chi connectivity index (χ0) is 31.7. The zero-order valence-electron chi connectivity index (χ0n) is 24.8. The molecule has 1 aliphatic heterocycles. The Kier molecular flexibility index (Phi) is 8.79. The SMILES string of the molecule is COc1ccc(S(=O)(=O)N2Cc3cc(-c4ccc(Cl)c(Cl)c4)ccc3N(Cc3cncn3C)C[C@H]2Cc2ccc(O)cc2)cc1. The van der Waals surface area contributed by atoms with Gasteiger partial charge in [0.25, 0.3) is 0 Å². The lowest BCUT2D eigenvalue weighted by Crippen LogP contribution is -2.45. The topological polar surface area (TPSA) is 87.9 Å². The normalized spacial score (nSPS) is 15.5. The van der Waals surface area contributed by atoms with E-state index < -0.39 is 16.1 Å². The number of imidazole rings is 1. The van der Waals surface area contributed by atoms with Crippen molar-refractivity contribution in [2.24, 2.45) is 7.05 Å². The number of sulfonamides is 1. The Morgan fingerprint density at radius 3 is 2.31 bits per heavy atom. The predicted molar refractivity (Wildman–Crippen MR) is 177 cm³/mol. The Morgan fingerprint density at radius 2 is 1.64 bits per heavy atom. The molecule has 0 unspecified atom stereocenters. The monoisotopic (exact) mass is 662 g/mol. The van der Waals surface area contributed by atoms with Gasteiger partial charge < -0.3 is 19.3 Å². The summed E-state index contributed by atoms with van der Waals surface area (Å²) in [4.78, 5) is 6.72. The number of halogens is 2. The smallest absolute Gasteiger partial charge is 0.243 e. The van der Waals surface area contributed by atoms with E-state index in [1.54, 1.807) is 60.2 Å². The highest BCUT2D eigenvalue weighted by molar-refractivity contribution is 7.89. The Hall–Kier alpha value is -4.02. The van der Waals surface area contributed by atoms with Crippen LogP contribution in [0.4, 0.5) is 5.69 Å². The third-order valence-electron chi connectivity index (χ3n) is 8.18. The summed E-state index contributed by atoms with van der Waals surface area (Å²) in [6.07, 6.45) is 4.02. The van der Waals surface area contributed by atoms with E-state index >= 15 is 0 Å². The minimum Gasteiger partial charge on any atom is -0.508 e. The van der Waals surface area contributed by atoms with Crippen molar-refractivity contribution in [1.29, 1.82) is 0 Å². The summed E-state index contributed by atoms with van der Waals surface area (Å²) in [5.41, 5.74) is 5.46. The number of anilines is 1. The van der Waals surface area contributed by atoms with Crippen LogP contribution in [0, 0.1) is 0 Å². The van der Waals surface area contributed by atoms with Crippen molar-refractivity contribution in [2.45, 2.75) is 30.4 Å². The molecule has 8 nitrogen and oxygen atoms in total. The molecule has 1 aliphatic rings. The number of aromatic hydroxyl groups is 1. The Labute approximate surface area is 273 Å². The molecule has 45 heavy (non-hydrogen) atoms. The summed E-state index contributed by atoms with van der Waals surface area (Å²) < 4.78 is 37.9. The van der Waals surface area contributed by atoms with Gasteiger partial charge in [-0.2, -0.15) is 4.31 Å². The molecule has 0 saturated heterocycles. The second kappa shape index (κ2) is 12.8. The fraction of sp³-hybridized carbons (Fsp3) is 0.206. The summed E-state index contributed by atoms with van der Waals surface area (Å²) in [6, 6.07) is 24.5. The number of rotatable bonds is 8. The Balaban J connectivity index is 1.49. The van der Waals surface area contributed by atoms with Gasteiger partial charge in [-0.05, 0) is 89.3 Å². The number of aryl methyl sites for hydroxylation is 1. The third-order valence-corrected chi connectivity index (χ3v) is 10.8. The van der Waals surface area contributed by atoms with Gasteiger partial charge >= 0.3 is 0 Å². The van der Waals surface area contributed by atoms with E-state index in [-0.39, 0.29) is 17.2 Å². The molecule has 0 radical (unpaired) electrons. The van der Waals surface area contributed by atoms with E-state index in [4.69, 9.17) is 27.9 Å². The number of fused-ring (bicyclic) bond motifs is 1. The third kappa shape index (κ3) is 6.53. The average Bonchev–Trinajstić information content (AvgIpc) is 3.37. The maximum atomic E-state index is 14.5. The lowest BCUT2D eigenvalue weighted by Gasteiger charge is -2.32. The molecule has 5 aromatic rings. The number of phenolic OH excluding ortho intramolecular Hbond substituents is 1. The van der Waals surface area contributed by atoms with E-state index in [9.17, 15) is 13.5 Å². The first kappa shape index (κ1) is 31.0. The lowest BCUT2D eigenvalue weighted by atomic mass is 10.0. The van der Waals surface area contributed by atoms with Gasteiger partial charge in [0.05, 0.1) is 40.6 Å². The molecule has 0 aliphatic carbocycles. The van der Waals surface area contributed by atoms with E-state index in [1.165, 1.54) is 0 Å². The van der Waals surface area contributed by atoms with E-state index in [1.807, 2.05) is 60.3 Å². The summed E-state index contributed by atoms with van der Waals surface area (Å²) in [5, 5.41) is 10.8. The van der Waals surface area contributed by atoms with Gasteiger partial charge in [-0.3, -0.25) is 0 Å². The Morgan fingerprint density at radius 1 is 0.933 bits per heavy atom. The fourth-order valence-corrected chi connectivity index (χ4v) is 7.63. The molecule has 1 N–H and O–H groups in total. The number of nitrogens with zero attached hydrogens (tertiary/aromatic N) is 4. The standard InChI is InChI=1S/C34H32Cl2N4O4S/c1-38-22-37-18-28(38)21-39-20-27(15-23-3-7-29(41)8-4-23)40(45(42,43)31-11-9-30(44-2)10-12-31)19-26-16-24(6-14-34(26)39)25-5-13-32(35)33(36)17-25/h3-14,16-18,22,27,41H,15,19-21H2,1-2H3/t27-/m1/s1. The molecular weight excluding hydrogens is 631 g/mol. The molecule has 0 fully saturated rings. The molecule has 1 atom stereocenters. The highest BCUT2D eigenvalue weighted by atomic mass is 35.5. The number of benzene rings is 4. The van der Waals surface area contributed by atoms with Crippen LogP contribution < -0.4 is 9.64 Å². The summed E-state index contributed by atoms with van der Waals surface area (Å²) in [5.74, 6) is 0.729. The number of hydrogen-bond acceptors (Lipinski definition) is 6. The number of hydrogen-bond donors (Lipinski definition) is 1. The van der Waals surface area contributed by atoms with Crippen LogP contribution in [-0.4, -0.2) is 47.1 Å². The first-order valence-electron chi connectivity index (χ1n) is 14.3. The van der Waals surface area contributed by atoms with Crippen molar-refractivity contribution >= 4 is 38.9 Å². The second-order valence-corrected chi connectivity index (χ2v) is 13.8. The van der Waals surface area contributed by atoms with Crippen LogP contribution in [0.1, 0.15) is 16.8 Å². The van der Waals surface area contributed by atoms with E-state index in [0.29, 0.717) is 35.3 Å².